The van der Waals surface area contributed by atoms with Gasteiger partial charge in [0.15, 0.2) is 0 Å². The highest BCUT2D eigenvalue weighted by Gasteiger charge is 2.39. The number of nitrogens with zero attached hydrogens (tertiary/aromatic N) is 4. The molecule has 0 radical (unpaired) electrons. The minimum atomic E-state index is -3.72. The Hall–Kier alpha value is -1.39. The van der Waals surface area contributed by atoms with Gasteiger partial charge in [-0.15, -0.1) is 0 Å². The van der Waals surface area contributed by atoms with Crippen molar-refractivity contribution in [3.8, 4) is 0 Å². The molecular weight excluding hydrogens is 476 g/mol. The zero-order chi connectivity index (χ0) is 24.3. The van der Waals surface area contributed by atoms with Crippen molar-refractivity contribution in [1.82, 2.24) is 19.0 Å². The first-order chi connectivity index (χ1) is 16.3. The molecule has 3 saturated heterocycles. The minimum Gasteiger partial charge on any atom is -0.448 e. The maximum atomic E-state index is 13.4. The number of hydrogen-bond donors (Lipinski definition) is 0. The minimum absolute atomic E-state index is 0.0751. The molecule has 1 aromatic rings. The van der Waals surface area contributed by atoms with E-state index in [0.29, 0.717) is 30.6 Å². The van der Waals surface area contributed by atoms with Gasteiger partial charge >= 0.3 is 6.09 Å². The van der Waals surface area contributed by atoms with Crippen LogP contribution in [0.5, 0.6) is 0 Å². The van der Waals surface area contributed by atoms with E-state index >= 15 is 0 Å². The second-order valence-electron chi connectivity index (χ2n) is 9.88. The summed E-state index contributed by atoms with van der Waals surface area (Å²) in [5, 5.41) is 0.493. The molecule has 190 valence electrons. The monoisotopic (exact) mass is 512 g/mol. The Balaban J connectivity index is 1.38. The van der Waals surface area contributed by atoms with Crippen LogP contribution < -0.4 is 0 Å². The van der Waals surface area contributed by atoms with E-state index in [1.807, 2.05) is 6.92 Å². The molecule has 3 heterocycles. The number of rotatable bonds is 5. The summed E-state index contributed by atoms with van der Waals surface area (Å²) in [6.07, 6.45) is 4.10. The standard InChI is InChI=1S/C24H37ClN4O4S/c1-19-5-3-6-22(29(19)34(31,32)23-10-8-20(25)9-11-23)18-33-24(30)28-12-4-7-21(17-28)27-15-13-26(2)14-16-27/h8-11,19,21-22H,3-7,12-18H2,1-2H3/t19-,21?,22-/m1/s1. The summed E-state index contributed by atoms with van der Waals surface area (Å²) >= 11 is 5.95. The number of carbonyl (C=O) groups excluding carboxylic acids is 1. The molecule has 10 heteroatoms. The first-order valence-corrected chi connectivity index (χ1v) is 14.2. The lowest BCUT2D eigenvalue weighted by Crippen LogP contribution is -2.55. The fraction of sp³-hybridized carbons (Fsp3) is 0.708. The maximum absolute atomic E-state index is 13.4. The van der Waals surface area contributed by atoms with Gasteiger partial charge < -0.3 is 14.5 Å². The quantitative estimate of drug-likeness (QED) is 0.603. The zero-order valence-corrected chi connectivity index (χ0v) is 21.8. The maximum Gasteiger partial charge on any atom is 0.409 e. The third kappa shape index (κ3) is 5.87. The average molecular weight is 513 g/mol. The van der Waals surface area contributed by atoms with Gasteiger partial charge in [0, 0.05) is 56.4 Å². The van der Waals surface area contributed by atoms with E-state index in [4.69, 9.17) is 16.3 Å². The van der Waals surface area contributed by atoms with Crippen molar-refractivity contribution in [2.45, 2.75) is 62.0 Å². The van der Waals surface area contributed by atoms with E-state index in [2.05, 4.69) is 16.8 Å². The van der Waals surface area contributed by atoms with E-state index in [1.165, 1.54) is 16.4 Å². The number of sulfonamides is 1. The first kappa shape index (κ1) is 25.7. The van der Waals surface area contributed by atoms with Gasteiger partial charge in [0.1, 0.15) is 6.61 Å². The Morgan fingerprint density at radius 1 is 1.03 bits per heavy atom. The molecule has 3 atom stereocenters. The van der Waals surface area contributed by atoms with Crippen LogP contribution in [0.2, 0.25) is 5.02 Å². The normalized spacial score (nSPS) is 28.1. The molecule has 0 aliphatic carbocycles. The molecular formula is C24H37ClN4O4S. The lowest BCUT2D eigenvalue weighted by Gasteiger charge is -2.42. The number of likely N-dealkylation sites (N-methyl/N-ethyl adjacent to an activating group) is 1. The van der Waals surface area contributed by atoms with Crippen molar-refractivity contribution in [2.24, 2.45) is 0 Å². The number of amides is 1. The van der Waals surface area contributed by atoms with E-state index in [9.17, 15) is 13.2 Å². The van der Waals surface area contributed by atoms with Gasteiger partial charge in [0.05, 0.1) is 10.9 Å². The zero-order valence-electron chi connectivity index (χ0n) is 20.2. The van der Waals surface area contributed by atoms with Crippen LogP contribution in [0.1, 0.15) is 39.0 Å². The lowest BCUT2D eigenvalue weighted by atomic mass is 10.0. The summed E-state index contributed by atoms with van der Waals surface area (Å²) in [5.41, 5.74) is 0. The Labute approximate surface area is 208 Å². The van der Waals surface area contributed by atoms with Gasteiger partial charge in [-0.25, -0.2) is 13.2 Å². The van der Waals surface area contributed by atoms with E-state index in [-0.39, 0.29) is 29.7 Å². The van der Waals surface area contributed by atoms with Crippen LogP contribution >= 0.6 is 11.6 Å². The molecule has 34 heavy (non-hydrogen) atoms. The molecule has 0 bridgehead atoms. The van der Waals surface area contributed by atoms with Gasteiger partial charge in [-0.3, -0.25) is 4.90 Å². The fourth-order valence-electron chi connectivity index (χ4n) is 5.45. The SMILES string of the molecule is C[C@@H]1CCC[C@H](COC(=O)N2CCCC(N3CCN(C)CC3)C2)N1S(=O)(=O)c1ccc(Cl)cc1. The highest BCUT2D eigenvalue weighted by Crippen LogP contribution is 2.30. The number of benzene rings is 1. The molecule has 0 spiro atoms. The Kier molecular flexibility index (Phi) is 8.40. The van der Waals surface area contributed by atoms with Gasteiger partial charge in [-0.1, -0.05) is 18.0 Å². The molecule has 0 saturated carbocycles. The second kappa shape index (κ2) is 11.1. The van der Waals surface area contributed by atoms with Crippen LogP contribution in [0.15, 0.2) is 29.2 Å². The summed E-state index contributed by atoms with van der Waals surface area (Å²) < 4.78 is 34.1. The predicted molar refractivity (Wildman–Crippen MR) is 133 cm³/mol. The molecule has 0 N–H and O–H groups in total. The molecule has 1 amide bonds. The fourth-order valence-corrected chi connectivity index (χ4v) is 7.43. The van der Waals surface area contributed by atoms with Crippen molar-refractivity contribution < 1.29 is 17.9 Å². The topological polar surface area (TPSA) is 73.4 Å². The molecule has 3 fully saturated rings. The van der Waals surface area contributed by atoms with E-state index in [1.54, 1.807) is 17.0 Å². The summed E-state index contributed by atoms with van der Waals surface area (Å²) in [7, 11) is -1.58. The predicted octanol–water partition coefficient (Wildman–Crippen LogP) is 3.12. The first-order valence-electron chi connectivity index (χ1n) is 12.4. The third-order valence-electron chi connectivity index (χ3n) is 7.45. The summed E-state index contributed by atoms with van der Waals surface area (Å²) in [5.74, 6) is 0. The smallest absolute Gasteiger partial charge is 0.409 e. The van der Waals surface area contributed by atoms with Crippen molar-refractivity contribution in [2.75, 3.05) is 52.9 Å². The molecule has 3 aliphatic rings. The van der Waals surface area contributed by atoms with Crippen LogP contribution in [0.25, 0.3) is 0 Å². The van der Waals surface area contributed by atoms with Gasteiger partial charge in [-0.2, -0.15) is 4.31 Å². The Bertz CT molecular complexity index is 937. The number of carbonyl (C=O) groups is 1. The number of ether oxygens (including phenoxy) is 1. The molecule has 3 aliphatic heterocycles. The number of likely N-dealkylation sites (tertiary alicyclic amines) is 1. The highest BCUT2D eigenvalue weighted by molar-refractivity contribution is 7.89. The van der Waals surface area contributed by atoms with Crippen molar-refractivity contribution >= 4 is 27.7 Å². The van der Waals surface area contributed by atoms with Crippen LogP contribution in [-0.2, 0) is 14.8 Å². The number of piperazine rings is 1. The molecule has 8 nitrogen and oxygen atoms in total. The molecule has 1 aromatic carbocycles. The third-order valence-corrected chi connectivity index (χ3v) is 9.78. The van der Waals surface area contributed by atoms with E-state index in [0.717, 1.165) is 51.9 Å². The summed E-state index contributed by atoms with van der Waals surface area (Å²) in [4.78, 5) is 19.8. The van der Waals surface area contributed by atoms with Crippen molar-refractivity contribution in [1.29, 1.82) is 0 Å². The van der Waals surface area contributed by atoms with Crippen LogP contribution in [-0.4, -0.2) is 105 Å². The Morgan fingerprint density at radius 3 is 2.44 bits per heavy atom. The lowest BCUT2D eigenvalue weighted by molar-refractivity contribution is 0.0343. The summed E-state index contributed by atoms with van der Waals surface area (Å²) in [6.45, 7) is 7.53. The Morgan fingerprint density at radius 2 is 1.74 bits per heavy atom. The summed E-state index contributed by atoms with van der Waals surface area (Å²) in [6, 6.07) is 6.09. The number of halogens is 1. The van der Waals surface area contributed by atoms with Crippen LogP contribution in [0.4, 0.5) is 4.79 Å². The van der Waals surface area contributed by atoms with Gasteiger partial charge in [-0.05, 0) is 63.9 Å². The van der Waals surface area contributed by atoms with Crippen LogP contribution in [0, 0.1) is 0 Å². The van der Waals surface area contributed by atoms with Gasteiger partial charge in [0.25, 0.3) is 0 Å². The largest absolute Gasteiger partial charge is 0.448 e. The molecule has 1 unspecified atom stereocenters. The van der Waals surface area contributed by atoms with E-state index < -0.39 is 10.0 Å². The highest BCUT2D eigenvalue weighted by atomic mass is 35.5. The molecule has 0 aromatic heterocycles. The molecule has 4 rings (SSSR count). The van der Waals surface area contributed by atoms with Crippen molar-refractivity contribution in [3.63, 3.8) is 0 Å². The average Bonchev–Trinajstić information content (AvgIpc) is 2.83. The number of hydrogen-bond acceptors (Lipinski definition) is 6. The number of piperidine rings is 2. The van der Waals surface area contributed by atoms with Crippen molar-refractivity contribution in [3.05, 3.63) is 29.3 Å². The van der Waals surface area contributed by atoms with Crippen LogP contribution in [0.3, 0.4) is 0 Å². The van der Waals surface area contributed by atoms with Gasteiger partial charge in [0.2, 0.25) is 10.0 Å². The second-order valence-corrected chi connectivity index (χ2v) is 12.2.